The van der Waals surface area contributed by atoms with Crippen molar-refractivity contribution in [3.05, 3.63) is 58.7 Å². The molecule has 6 heteroatoms. The molecule has 0 saturated carbocycles. The van der Waals surface area contributed by atoms with Crippen LogP contribution in [-0.2, 0) is 0 Å². The number of unbranched alkanes of at least 4 members (excludes halogenated alkanes) is 1. The van der Waals surface area contributed by atoms with Crippen molar-refractivity contribution in [1.82, 2.24) is 0 Å². The molecular formula is C19H18F2O4. The number of carbonyl (C=O) groups excluding carboxylic acids is 2. The molecular weight excluding hydrogens is 330 g/mol. The Kier molecular flexibility index (Phi) is 6.22. The highest BCUT2D eigenvalue weighted by Gasteiger charge is 2.28. The van der Waals surface area contributed by atoms with Gasteiger partial charge in [0, 0.05) is 5.56 Å². The largest absolute Gasteiger partial charge is 0.490 e. The second kappa shape index (κ2) is 8.37. The first-order chi connectivity index (χ1) is 12.0. The summed E-state index contributed by atoms with van der Waals surface area (Å²) < 4.78 is 39.3. The Morgan fingerprint density at radius 2 is 1.84 bits per heavy atom. The van der Waals surface area contributed by atoms with Crippen LogP contribution in [0.15, 0.2) is 30.3 Å². The van der Waals surface area contributed by atoms with E-state index in [1.54, 1.807) is 18.2 Å². The molecule has 0 aliphatic carbocycles. The number of ether oxygens (including phenoxy) is 2. The Morgan fingerprint density at radius 1 is 1.16 bits per heavy atom. The van der Waals surface area contributed by atoms with Gasteiger partial charge in [-0.25, -0.2) is 13.6 Å². The molecule has 0 heterocycles. The van der Waals surface area contributed by atoms with Crippen LogP contribution in [0.1, 0.15) is 46.0 Å². The lowest BCUT2D eigenvalue weighted by Crippen LogP contribution is -2.17. The Morgan fingerprint density at radius 3 is 2.44 bits per heavy atom. The topological polar surface area (TPSA) is 52.6 Å². The Labute approximate surface area is 144 Å². The van der Waals surface area contributed by atoms with E-state index < -0.39 is 28.9 Å². The molecule has 0 spiro atoms. The molecule has 0 saturated heterocycles. The van der Waals surface area contributed by atoms with Crippen LogP contribution in [-0.4, -0.2) is 18.9 Å². The standard InChI is InChI=1S/C19H18F2O4/c1-3-4-10-24-18-15(12(2)16(20)14(11-22)17(18)21)19(23)25-13-8-6-5-7-9-13/h5-9,11H,3-4,10H2,1-2H3. The van der Waals surface area contributed by atoms with E-state index in [2.05, 4.69) is 0 Å². The van der Waals surface area contributed by atoms with Gasteiger partial charge in [0.05, 0.1) is 12.2 Å². The maximum Gasteiger partial charge on any atom is 0.347 e. The molecule has 2 rings (SSSR count). The number of esters is 1. The molecule has 0 amide bonds. The first-order valence-electron chi connectivity index (χ1n) is 7.88. The summed E-state index contributed by atoms with van der Waals surface area (Å²) in [6.07, 6.45) is 1.46. The molecule has 0 radical (unpaired) electrons. The fourth-order valence-electron chi connectivity index (χ4n) is 2.26. The van der Waals surface area contributed by atoms with Gasteiger partial charge in [-0.1, -0.05) is 31.5 Å². The third-order valence-electron chi connectivity index (χ3n) is 3.62. The van der Waals surface area contributed by atoms with Crippen LogP contribution in [0.5, 0.6) is 11.5 Å². The van der Waals surface area contributed by atoms with Crippen molar-refractivity contribution in [2.45, 2.75) is 26.7 Å². The fraction of sp³-hybridized carbons (Fsp3) is 0.263. The van der Waals surface area contributed by atoms with Gasteiger partial charge in [0.2, 0.25) is 0 Å². The second-order valence-corrected chi connectivity index (χ2v) is 5.39. The molecule has 0 N–H and O–H groups in total. The molecule has 0 aliphatic heterocycles. The maximum absolute atomic E-state index is 14.5. The average molecular weight is 348 g/mol. The summed E-state index contributed by atoms with van der Waals surface area (Å²) in [6.45, 7) is 3.31. The maximum atomic E-state index is 14.5. The average Bonchev–Trinajstić information content (AvgIpc) is 2.61. The Bertz CT molecular complexity index is 773. The van der Waals surface area contributed by atoms with Crippen molar-refractivity contribution in [1.29, 1.82) is 0 Å². The predicted octanol–water partition coefficient (Wildman–Crippen LogP) is 4.48. The van der Waals surface area contributed by atoms with Crippen LogP contribution < -0.4 is 9.47 Å². The van der Waals surface area contributed by atoms with Gasteiger partial charge in [0.15, 0.2) is 17.9 Å². The second-order valence-electron chi connectivity index (χ2n) is 5.39. The zero-order chi connectivity index (χ0) is 18.4. The van der Waals surface area contributed by atoms with E-state index in [1.807, 2.05) is 6.92 Å². The lowest BCUT2D eigenvalue weighted by atomic mass is 10.0. The van der Waals surface area contributed by atoms with Gasteiger partial charge in [-0.2, -0.15) is 0 Å². The first-order valence-corrected chi connectivity index (χ1v) is 7.88. The highest BCUT2D eigenvalue weighted by Crippen LogP contribution is 2.32. The molecule has 2 aromatic carbocycles. The van der Waals surface area contributed by atoms with Gasteiger partial charge < -0.3 is 9.47 Å². The number of halogens is 2. The van der Waals surface area contributed by atoms with Gasteiger partial charge in [-0.15, -0.1) is 0 Å². The van der Waals surface area contributed by atoms with E-state index in [1.165, 1.54) is 19.1 Å². The van der Waals surface area contributed by atoms with Crippen LogP contribution in [0, 0.1) is 18.6 Å². The van der Waals surface area contributed by atoms with Gasteiger partial charge in [-0.05, 0) is 25.5 Å². The number of benzene rings is 2. The van der Waals surface area contributed by atoms with Crippen molar-refractivity contribution >= 4 is 12.3 Å². The van der Waals surface area contributed by atoms with E-state index in [0.29, 0.717) is 6.42 Å². The van der Waals surface area contributed by atoms with E-state index in [0.717, 1.165) is 6.42 Å². The minimum Gasteiger partial charge on any atom is -0.490 e. The first kappa shape index (κ1) is 18.6. The summed E-state index contributed by atoms with van der Waals surface area (Å²) >= 11 is 0. The number of carbonyl (C=O) groups is 2. The Hall–Kier alpha value is -2.76. The highest BCUT2D eigenvalue weighted by atomic mass is 19.1. The minimum atomic E-state index is -1.20. The molecule has 0 aromatic heterocycles. The fourth-order valence-corrected chi connectivity index (χ4v) is 2.26. The van der Waals surface area contributed by atoms with Gasteiger partial charge >= 0.3 is 5.97 Å². The van der Waals surface area contributed by atoms with Crippen molar-refractivity contribution in [3.8, 4) is 11.5 Å². The zero-order valence-electron chi connectivity index (χ0n) is 14.0. The summed E-state index contributed by atoms with van der Waals surface area (Å²) in [5.74, 6) is -3.49. The number of hydrogen-bond acceptors (Lipinski definition) is 4. The number of para-hydroxylation sites is 1. The molecule has 0 unspecified atom stereocenters. The van der Waals surface area contributed by atoms with E-state index >= 15 is 0 Å². The summed E-state index contributed by atoms with van der Waals surface area (Å²) in [7, 11) is 0. The third kappa shape index (κ3) is 4.02. The van der Waals surface area contributed by atoms with Crippen molar-refractivity contribution in [3.63, 3.8) is 0 Å². The minimum absolute atomic E-state index is 0.0661. The van der Waals surface area contributed by atoms with Gasteiger partial charge in [0.25, 0.3) is 0 Å². The van der Waals surface area contributed by atoms with Gasteiger partial charge in [0.1, 0.15) is 17.1 Å². The van der Waals surface area contributed by atoms with E-state index in [9.17, 15) is 18.4 Å². The van der Waals surface area contributed by atoms with Crippen LogP contribution in [0.2, 0.25) is 0 Å². The molecule has 0 bridgehead atoms. The normalized spacial score (nSPS) is 10.4. The van der Waals surface area contributed by atoms with Crippen molar-refractivity contribution in [2.75, 3.05) is 6.61 Å². The lowest BCUT2D eigenvalue weighted by Gasteiger charge is -2.16. The van der Waals surface area contributed by atoms with E-state index in [-0.39, 0.29) is 29.8 Å². The van der Waals surface area contributed by atoms with Crippen molar-refractivity contribution in [2.24, 2.45) is 0 Å². The molecule has 0 aliphatic rings. The monoisotopic (exact) mass is 348 g/mol. The molecule has 4 nitrogen and oxygen atoms in total. The third-order valence-corrected chi connectivity index (χ3v) is 3.62. The summed E-state index contributed by atoms with van der Waals surface area (Å²) in [5.41, 5.74) is -1.32. The SMILES string of the molecule is CCCCOc1c(F)c(C=O)c(F)c(C)c1C(=O)Oc1ccccc1. The predicted molar refractivity (Wildman–Crippen MR) is 88.3 cm³/mol. The van der Waals surface area contributed by atoms with Crippen LogP contribution in [0.25, 0.3) is 0 Å². The van der Waals surface area contributed by atoms with Gasteiger partial charge in [-0.3, -0.25) is 4.79 Å². The number of hydrogen-bond donors (Lipinski definition) is 0. The number of aldehydes is 1. The van der Waals surface area contributed by atoms with Crippen molar-refractivity contribution < 1.29 is 27.8 Å². The molecule has 2 aromatic rings. The zero-order valence-corrected chi connectivity index (χ0v) is 14.0. The lowest BCUT2D eigenvalue weighted by molar-refractivity contribution is 0.0726. The van der Waals surface area contributed by atoms with Crippen LogP contribution in [0.4, 0.5) is 8.78 Å². The molecule has 0 atom stereocenters. The quantitative estimate of drug-likeness (QED) is 0.320. The molecule has 25 heavy (non-hydrogen) atoms. The smallest absolute Gasteiger partial charge is 0.347 e. The summed E-state index contributed by atoms with van der Waals surface area (Å²) in [4.78, 5) is 23.5. The Balaban J connectivity index is 2.49. The van der Waals surface area contributed by atoms with Crippen LogP contribution in [0.3, 0.4) is 0 Å². The number of rotatable bonds is 7. The molecule has 132 valence electrons. The van der Waals surface area contributed by atoms with Crippen LogP contribution >= 0.6 is 0 Å². The van der Waals surface area contributed by atoms with E-state index in [4.69, 9.17) is 9.47 Å². The molecule has 0 fully saturated rings. The summed E-state index contributed by atoms with van der Waals surface area (Å²) in [6, 6.07) is 8.13. The summed E-state index contributed by atoms with van der Waals surface area (Å²) in [5, 5.41) is 0. The highest BCUT2D eigenvalue weighted by molar-refractivity contribution is 5.97.